The van der Waals surface area contributed by atoms with E-state index in [1.165, 1.54) is 0 Å². The lowest BCUT2D eigenvalue weighted by Gasteiger charge is -1.99. The topological polar surface area (TPSA) is 9.23 Å². The molecular formula is C7H7ClOS. The summed E-state index contributed by atoms with van der Waals surface area (Å²) in [5.41, 5.74) is 0.958. The summed E-state index contributed by atoms with van der Waals surface area (Å²) in [5, 5.41) is 0.719. The van der Waals surface area contributed by atoms with Crippen molar-refractivity contribution in [2.24, 2.45) is 0 Å². The number of hydrogen-bond donors (Lipinski definition) is 1. The van der Waals surface area contributed by atoms with Gasteiger partial charge < -0.3 is 4.18 Å². The highest BCUT2D eigenvalue weighted by atomic mass is 35.5. The van der Waals surface area contributed by atoms with Gasteiger partial charge in [-0.05, 0) is 24.5 Å². The van der Waals surface area contributed by atoms with Crippen molar-refractivity contribution in [1.29, 1.82) is 0 Å². The van der Waals surface area contributed by atoms with Gasteiger partial charge in [-0.25, -0.2) is 0 Å². The lowest BCUT2D eigenvalue weighted by Crippen LogP contribution is -1.83. The zero-order valence-electron chi connectivity index (χ0n) is 5.25. The molecule has 54 valence electrons. The van der Waals surface area contributed by atoms with Gasteiger partial charge in [0.05, 0.1) is 6.61 Å². The van der Waals surface area contributed by atoms with Gasteiger partial charge in [-0.1, -0.05) is 29.8 Å². The van der Waals surface area contributed by atoms with E-state index in [9.17, 15) is 0 Å². The van der Waals surface area contributed by atoms with E-state index in [0.717, 1.165) is 10.6 Å². The highest BCUT2D eigenvalue weighted by molar-refractivity contribution is 7.75. The Morgan fingerprint density at radius 3 is 2.70 bits per heavy atom. The molecule has 0 saturated carbocycles. The molecule has 0 aromatic heterocycles. The smallest absolute Gasteiger partial charge is 0.0875 e. The van der Waals surface area contributed by atoms with Crippen LogP contribution in [0.4, 0.5) is 0 Å². The lowest BCUT2D eigenvalue weighted by molar-refractivity contribution is 0.372. The van der Waals surface area contributed by atoms with Gasteiger partial charge in [-0.2, -0.15) is 0 Å². The van der Waals surface area contributed by atoms with E-state index in [0.29, 0.717) is 6.61 Å². The molecule has 0 aliphatic rings. The van der Waals surface area contributed by atoms with Gasteiger partial charge in [0.25, 0.3) is 0 Å². The summed E-state index contributed by atoms with van der Waals surface area (Å²) in [6.07, 6.45) is 0. The van der Waals surface area contributed by atoms with Crippen LogP contribution in [0, 0.1) is 0 Å². The Labute approximate surface area is 70.6 Å². The molecule has 0 amide bonds. The second-order valence-corrected chi connectivity index (χ2v) is 2.53. The van der Waals surface area contributed by atoms with Crippen LogP contribution in [0.3, 0.4) is 0 Å². The maximum absolute atomic E-state index is 5.79. The average molecular weight is 175 g/mol. The van der Waals surface area contributed by atoms with Crippen molar-refractivity contribution in [3.05, 3.63) is 34.9 Å². The first-order valence-corrected chi connectivity index (χ1v) is 3.58. The monoisotopic (exact) mass is 174 g/mol. The van der Waals surface area contributed by atoms with Crippen molar-refractivity contribution in [2.45, 2.75) is 6.61 Å². The molecule has 0 aliphatic carbocycles. The van der Waals surface area contributed by atoms with Crippen LogP contribution in [0.1, 0.15) is 5.56 Å². The first-order valence-electron chi connectivity index (χ1n) is 2.84. The SMILES string of the molecule is SOCc1ccccc1Cl. The Morgan fingerprint density at radius 1 is 1.40 bits per heavy atom. The fourth-order valence-corrected chi connectivity index (χ4v) is 1.01. The third-order valence-corrected chi connectivity index (χ3v) is 1.68. The molecule has 0 N–H and O–H groups in total. The summed E-state index contributed by atoms with van der Waals surface area (Å²) < 4.78 is 4.62. The molecule has 0 fully saturated rings. The average Bonchev–Trinajstić information content (AvgIpc) is 1.94. The van der Waals surface area contributed by atoms with E-state index in [2.05, 4.69) is 17.1 Å². The Bertz CT molecular complexity index is 215. The summed E-state index contributed by atoms with van der Waals surface area (Å²) in [4.78, 5) is 0. The molecule has 1 rings (SSSR count). The summed E-state index contributed by atoms with van der Waals surface area (Å²) in [5.74, 6) is 0. The minimum absolute atomic E-state index is 0.447. The van der Waals surface area contributed by atoms with E-state index in [4.69, 9.17) is 11.6 Å². The van der Waals surface area contributed by atoms with E-state index in [1.807, 2.05) is 24.3 Å². The normalized spacial score (nSPS) is 9.80. The van der Waals surface area contributed by atoms with Gasteiger partial charge in [-0.3, -0.25) is 0 Å². The van der Waals surface area contributed by atoms with E-state index in [1.54, 1.807) is 0 Å². The number of thiol groups is 1. The van der Waals surface area contributed by atoms with Gasteiger partial charge in [0.15, 0.2) is 0 Å². The third kappa shape index (κ3) is 1.90. The summed E-state index contributed by atoms with van der Waals surface area (Å²) in [7, 11) is 0. The predicted octanol–water partition coefficient (Wildman–Crippen LogP) is 2.70. The molecule has 0 bridgehead atoms. The number of rotatable bonds is 2. The molecule has 0 unspecified atom stereocenters. The minimum atomic E-state index is 0.447. The van der Waals surface area contributed by atoms with E-state index >= 15 is 0 Å². The molecule has 0 atom stereocenters. The third-order valence-electron chi connectivity index (χ3n) is 1.18. The number of hydrogen-bond acceptors (Lipinski definition) is 2. The van der Waals surface area contributed by atoms with Gasteiger partial charge in [0.1, 0.15) is 0 Å². The Kier molecular flexibility index (Phi) is 3.06. The molecule has 1 nitrogen and oxygen atoms in total. The van der Waals surface area contributed by atoms with Crippen molar-refractivity contribution in [3.63, 3.8) is 0 Å². The van der Waals surface area contributed by atoms with Crippen LogP contribution in [0.25, 0.3) is 0 Å². The molecule has 0 saturated heterocycles. The van der Waals surface area contributed by atoms with Crippen LogP contribution in [0.2, 0.25) is 5.02 Å². The standard InChI is InChI=1S/C7H7ClOS/c8-7-4-2-1-3-6(7)5-9-10/h1-4,10H,5H2. The first-order chi connectivity index (χ1) is 4.84. The Hall–Kier alpha value is -0.180. The summed E-state index contributed by atoms with van der Waals surface area (Å²) >= 11 is 9.41. The van der Waals surface area contributed by atoms with Crippen LogP contribution in [0.15, 0.2) is 24.3 Å². The van der Waals surface area contributed by atoms with Crippen molar-refractivity contribution in [3.8, 4) is 0 Å². The number of halogens is 1. The fourth-order valence-electron chi connectivity index (χ4n) is 0.685. The predicted molar refractivity (Wildman–Crippen MR) is 45.2 cm³/mol. The zero-order valence-corrected chi connectivity index (χ0v) is 6.90. The van der Waals surface area contributed by atoms with Crippen LogP contribution in [-0.4, -0.2) is 0 Å². The highest BCUT2D eigenvalue weighted by Crippen LogP contribution is 2.15. The van der Waals surface area contributed by atoms with Gasteiger partial charge in [0.2, 0.25) is 0 Å². The maximum atomic E-state index is 5.79. The van der Waals surface area contributed by atoms with Crippen molar-refractivity contribution >= 4 is 24.5 Å². The van der Waals surface area contributed by atoms with Gasteiger partial charge >= 0.3 is 0 Å². The maximum Gasteiger partial charge on any atom is 0.0875 e. The quantitative estimate of drug-likeness (QED) is 0.536. The molecular weight excluding hydrogens is 168 g/mol. The molecule has 10 heavy (non-hydrogen) atoms. The van der Waals surface area contributed by atoms with Crippen LogP contribution < -0.4 is 0 Å². The van der Waals surface area contributed by atoms with E-state index in [-0.39, 0.29) is 0 Å². The molecule has 0 radical (unpaired) electrons. The summed E-state index contributed by atoms with van der Waals surface area (Å²) in [6, 6.07) is 7.51. The lowest BCUT2D eigenvalue weighted by atomic mass is 10.2. The molecule has 0 heterocycles. The fraction of sp³-hybridized carbons (Fsp3) is 0.143. The van der Waals surface area contributed by atoms with Crippen molar-refractivity contribution in [1.82, 2.24) is 0 Å². The van der Waals surface area contributed by atoms with E-state index < -0.39 is 0 Å². The summed E-state index contributed by atoms with van der Waals surface area (Å²) in [6.45, 7) is 0.447. The Balaban J connectivity index is 2.81. The molecule has 3 heteroatoms. The highest BCUT2D eigenvalue weighted by Gasteiger charge is 1.95. The molecule has 0 aliphatic heterocycles. The molecule has 1 aromatic carbocycles. The minimum Gasteiger partial charge on any atom is -0.314 e. The molecule has 1 aromatic rings. The van der Waals surface area contributed by atoms with Crippen LogP contribution in [0.5, 0.6) is 0 Å². The van der Waals surface area contributed by atoms with Crippen molar-refractivity contribution < 1.29 is 4.18 Å². The second-order valence-electron chi connectivity index (χ2n) is 1.86. The second kappa shape index (κ2) is 3.86. The van der Waals surface area contributed by atoms with Crippen LogP contribution >= 0.6 is 24.5 Å². The zero-order chi connectivity index (χ0) is 7.40. The first kappa shape index (κ1) is 7.92. The van der Waals surface area contributed by atoms with Crippen LogP contribution in [-0.2, 0) is 10.8 Å². The Morgan fingerprint density at radius 2 is 2.10 bits per heavy atom. The number of benzene rings is 1. The van der Waals surface area contributed by atoms with Crippen molar-refractivity contribution in [2.75, 3.05) is 0 Å². The molecule has 0 spiro atoms. The van der Waals surface area contributed by atoms with Gasteiger partial charge in [0, 0.05) is 5.02 Å². The largest absolute Gasteiger partial charge is 0.314 e. The van der Waals surface area contributed by atoms with Gasteiger partial charge in [-0.15, -0.1) is 0 Å².